The summed E-state index contributed by atoms with van der Waals surface area (Å²) in [5.41, 5.74) is 7.47. The van der Waals surface area contributed by atoms with E-state index in [0.717, 1.165) is 28.1 Å². The summed E-state index contributed by atoms with van der Waals surface area (Å²) in [6.45, 7) is 5.99. The number of benzene rings is 3. The number of alkyl halides is 3. The predicted molar refractivity (Wildman–Crippen MR) is 176 cm³/mol. The fraction of sp³-hybridized carbons (Fsp3) is 0.258. The second-order valence-corrected chi connectivity index (χ2v) is 11.8. The highest BCUT2D eigenvalue weighted by Gasteiger charge is 2.33. The van der Waals surface area contributed by atoms with Crippen molar-refractivity contribution in [3.8, 4) is 22.8 Å². The Morgan fingerprint density at radius 2 is 1.78 bits per heavy atom. The number of nitrogens with one attached hydrogen (secondary N) is 2. The molecule has 1 saturated heterocycles. The minimum absolute atomic E-state index is 0.0780. The van der Waals surface area contributed by atoms with E-state index in [9.17, 15) is 18.0 Å². The van der Waals surface area contributed by atoms with Gasteiger partial charge in [0.15, 0.2) is 11.0 Å². The highest BCUT2D eigenvalue weighted by Crippen LogP contribution is 2.35. The van der Waals surface area contributed by atoms with Crippen LogP contribution in [0.25, 0.3) is 17.1 Å². The molecule has 15 heteroatoms. The molecule has 1 amide bonds. The molecule has 0 spiro atoms. The maximum Gasteiger partial charge on any atom is 0.573 e. The van der Waals surface area contributed by atoms with Crippen LogP contribution < -0.4 is 20.4 Å². The van der Waals surface area contributed by atoms with Crippen LogP contribution in [0.2, 0.25) is 0 Å². The molecule has 1 fully saturated rings. The van der Waals surface area contributed by atoms with Crippen molar-refractivity contribution >= 4 is 51.5 Å². The predicted octanol–water partition coefficient (Wildman–Crippen LogP) is 7.00. The number of amides is 1. The van der Waals surface area contributed by atoms with Gasteiger partial charge in [0, 0.05) is 18.3 Å². The molecule has 3 aromatic carbocycles. The van der Waals surface area contributed by atoms with Gasteiger partial charge in [0.2, 0.25) is 11.0 Å². The minimum atomic E-state index is -4.76. The first kappa shape index (κ1) is 32.9. The van der Waals surface area contributed by atoms with Crippen molar-refractivity contribution in [3.63, 3.8) is 0 Å². The zero-order valence-corrected chi connectivity index (χ0v) is 26.8. The van der Waals surface area contributed by atoms with Crippen molar-refractivity contribution in [2.45, 2.75) is 39.2 Å². The van der Waals surface area contributed by atoms with Crippen molar-refractivity contribution in [1.82, 2.24) is 20.2 Å². The van der Waals surface area contributed by atoms with Gasteiger partial charge in [-0.15, -0.1) is 18.3 Å². The van der Waals surface area contributed by atoms with Crippen LogP contribution >= 0.6 is 24.0 Å². The summed E-state index contributed by atoms with van der Waals surface area (Å²) in [6.07, 6.45) is -3.70. The summed E-state index contributed by atoms with van der Waals surface area (Å²) < 4.78 is 42.7. The standard InChI is InChI=1S/C31H30F3N7O3S2/c1-18(2)25-14-9-22(35-4)15-26(25)41-27(42)16-46-30(41)37-29(45)39-44-19(3)20-5-7-21(8-6-20)28-36-17-40(38-28)23-10-12-24(13-11-23)43-31(32,33)34/h5-15,17-19,35H,16H2,1-4H3,(H,39,45). The van der Waals surface area contributed by atoms with Crippen molar-refractivity contribution in [2.75, 3.05) is 23.0 Å². The maximum atomic E-state index is 12.9. The molecule has 46 heavy (non-hydrogen) atoms. The lowest BCUT2D eigenvalue weighted by Crippen LogP contribution is -2.32. The third-order valence-corrected chi connectivity index (χ3v) is 8.03. The molecule has 4 aromatic rings. The van der Waals surface area contributed by atoms with E-state index in [1.807, 2.05) is 56.4 Å². The molecule has 0 radical (unpaired) electrons. The van der Waals surface area contributed by atoms with E-state index in [4.69, 9.17) is 17.1 Å². The molecule has 240 valence electrons. The number of hydrogen-bond donors (Lipinski definition) is 2. The highest BCUT2D eigenvalue weighted by molar-refractivity contribution is 8.15. The molecule has 1 unspecified atom stereocenters. The van der Waals surface area contributed by atoms with E-state index in [1.54, 1.807) is 4.90 Å². The van der Waals surface area contributed by atoms with Gasteiger partial charge in [-0.2, -0.15) is 4.99 Å². The van der Waals surface area contributed by atoms with Crippen LogP contribution in [-0.2, 0) is 9.63 Å². The number of thioether (sulfide) groups is 1. The molecule has 0 saturated carbocycles. The quantitative estimate of drug-likeness (QED) is 0.144. The van der Waals surface area contributed by atoms with Gasteiger partial charge in [0.25, 0.3) is 0 Å². The number of ether oxygens (including phenoxy) is 1. The Kier molecular flexibility index (Phi) is 9.94. The molecule has 2 N–H and O–H groups in total. The zero-order valence-electron chi connectivity index (χ0n) is 25.2. The van der Waals surface area contributed by atoms with Crippen LogP contribution in [-0.4, -0.2) is 50.1 Å². The Morgan fingerprint density at radius 3 is 2.43 bits per heavy atom. The summed E-state index contributed by atoms with van der Waals surface area (Å²) in [5, 5.41) is 8.10. The van der Waals surface area contributed by atoms with Gasteiger partial charge in [-0.3, -0.25) is 14.5 Å². The third kappa shape index (κ3) is 7.84. The number of carbonyl (C=O) groups is 1. The molecular weight excluding hydrogens is 640 g/mol. The lowest BCUT2D eigenvalue weighted by atomic mass is 10.00. The molecule has 0 bridgehead atoms. The number of thiocarbonyl (C=S) groups is 1. The Morgan fingerprint density at radius 1 is 1.07 bits per heavy atom. The van der Waals surface area contributed by atoms with Crippen LogP contribution in [0.3, 0.4) is 0 Å². The number of amidine groups is 1. The molecule has 10 nitrogen and oxygen atoms in total. The van der Waals surface area contributed by atoms with Gasteiger partial charge in [0.05, 0.1) is 17.1 Å². The Bertz CT molecular complexity index is 1740. The van der Waals surface area contributed by atoms with Crippen LogP contribution in [0.5, 0.6) is 5.75 Å². The number of hydrogen-bond acceptors (Lipinski definition) is 8. The first-order valence-electron chi connectivity index (χ1n) is 14.1. The largest absolute Gasteiger partial charge is 0.573 e. The molecule has 0 aliphatic carbocycles. The van der Waals surface area contributed by atoms with Crippen molar-refractivity contribution < 1.29 is 27.5 Å². The van der Waals surface area contributed by atoms with E-state index in [-0.39, 0.29) is 28.4 Å². The number of halogens is 3. The lowest BCUT2D eigenvalue weighted by molar-refractivity contribution is -0.274. The molecular formula is C31H30F3N7O3S2. The van der Waals surface area contributed by atoms with E-state index in [2.05, 4.69) is 44.5 Å². The van der Waals surface area contributed by atoms with E-state index < -0.39 is 12.5 Å². The number of aliphatic imine (C=N–C) groups is 1. The van der Waals surface area contributed by atoms with E-state index in [1.165, 1.54) is 47.0 Å². The molecule has 1 aromatic heterocycles. The molecule has 1 atom stereocenters. The Labute approximate surface area is 273 Å². The van der Waals surface area contributed by atoms with Crippen LogP contribution in [0, 0.1) is 0 Å². The van der Waals surface area contributed by atoms with Crippen LogP contribution in [0.1, 0.15) is 43.9 Å². The fourth-order valence-electron chi connectivity index (χ4n) is 4.60. The number of nitrogens with zero attached hydrogens (tertiary/aromatic N) is 5. The first-order chi connectivity index (χ1) is 21.9. The lowest BCUT2D eigenvalue weighted by Gasteiger charge is -2.23. The van der Waals surface area contributed by atoms with Crippen molar-refractivity contribution in [3.05, 3.63) is 84.2 Å². The van der Waals surface area contributed by atoms with Gasteiger partial charge in [-0.1, -0.05) is 55.9 Å². The monoisotopic (exact) mass is 669 g/mol. The van der Waals surface area contributed by atoms with Crippen molar-refractivity contribution in [1.29, 1.82) is 0 Å². The summed E-state index contributed by atoms with van der Waals surface area (Å²) in [6, 6.07) is 18.6. The summed E-state index contributed by atoms with van der Waals surface area (Å²) in [7, 11) is 1.82. The smallest absolute Gasteiger partial charge is 0.406 e. The molecule has 2 heterocycles. The number of carbonyl (C=O) groups excluding carboxylic acids is 1. The van der Waals surface area contributed by atoms with Gasteiger partial charge < -0.3 is 10.1 Å². The van der Waals surface area contributed by atoms with Gasteiger partial charge >= 0.3 is 6.36 Å². The van der Waals surface area contributed by atoms with Gasteiger partial charge in [0.1, 0.15) is 18.2 Å². The van der Waals surface area contributed by atoms with Gasteiger partial charge in [-0.25, -0.2) is 15.1 Å². The SMILES string of the molecule is CNc1ccc(C(C)C)c(N2C(=O)CSC2=NC(=S)NOC(C)c2ccc(-c3ncn(-c4ccc(OC(F)(F)F)cc4)n3)cc2)c1. The van der Waals surface area contributed by atoms with Crippen LogP contribution in [0.15, 0.2) is 78.0 Å². The fourth-order valence-corrected chi connectivity index (χ4v) is 5.66. The Hall–Kier alpha value is -4.47. The van der Waals surface area contributed by atoms with Crippen LogP contribution in [0.4, 0.5) is 24.5 Å². The number of rotatable bonds is 9. The van der Waals surface area contributed by atoms with Gasteiger partial charge in [-0.05, 0) is 72.6 Å². The topological polar surface area (TPSA) is 106 Å². The second-order valence-electron chi connectivity index (χ2n) is 10.4. The normalized spacial score (nSPS) is 15.0. The van der Waals surface area contributed by atoms with Crippen molar-refractivity contribution in [2.24, 2.45) is 4.99 Å². The number of anilines is 2. The van der Waals surface area contributed by atoms with E-state index in [0.29, 0.717) is 16.7 Å². The average molecular weight is 670 g/mol. The number of hydroxylamine groups is 1. The minimum Gasteiger partial charge on any atom is -0.406 e. The van der Waals surface area contributed by atoms with E-state index >= 15 is 0 Å². The first-order valence-corrected chi connectivity index (χ1v) is 15.5. The number of aromatic nitrogens is 3. The summed E-state index contributed by atoms with van der Waals surface area (Å²) in [4.78, 5) is 29.1. The summed E-state index contributed by atoms with van der Waals surface area (Å²) in [5.74, 6) is 0.471. The summed E-state index contributed by atoms with van der Waals surface area (Å²) >= 11 is 6.74. The molecule has 5 rings (SSSR count). The maximum absolute atomic E-state index is 12.9. The zero-order chi connectivity index (χ0) is 33.0. The molecule has 1 aliphatic rings. The third-order valence-electron chi connectivity index (χ3n) is 6.93. The molecule has 1 aliphatic heterocycles. The Balaban J connectivity index is 1.21. The second kappa shape index (κ2) is 13.9. The average Bonchev–Trinajstić information content (AvgIpc) is 3.66. The highest BCUT2D eigenvalue weighted by atomic mass is 32.2.